The van der Waals surface area contributed by atoms with Crippen molar-refractivity contribution in [2.45, 2.75) is 25.6 Å². The van der Waals surface area contributed by atoms with E-state index in [-0.39, 0.29) is 23.6 Å². The van der Waals surface area contributed by atoms with Gasteiger partial charge in [-0.25, -0.2) is 13.1 Å². The quantitative estimate of drug-likeness (QED) is 0.525. The van der Waals surface area contributed by atoms with Gasteiger partial charge in [-0.2, -0.15) is 0 Å². The number of ether oxygens (including phenoxy) is 1. The summed E-state index contributed by atoms with van der Waals surface area (Å²) in [6.45, 7) is 4.65. The zero-order valence-corrected chi connectivity index (χ0v) is 11.1. The van der Waals surface area contributed by atoms with Crippen LogP contribution in [0.2, 0.25) is 0 Å². The van der Waals surface area contributed by atoms with Gasteiger partial charge >= 0.3 is 0 Å². The van der Waals surface area contributed by atoms with E-state index < -0.39 is 10.0 Å². The average molecular weight is 258 g/mol. The summed E-state index contributed by atoms with van der Waals surface area (Å²) < 4.78 is 30.1. The molecular formula is C9H20ClNO3S. The predicted molar refractivity (Wildman–Crippen MR) is 62.8 cm³/mol. The minimum atomic E-state index is -3.20. The first-order valence-corrected chi connectivity index (χ1v) is 7.08. The number of halogens is 1. The summed E-state index contributed by atoms with van der Waals surface area (Å²) in [5.41, 5.74) is 0. The van der Waals surface area contributed by atoms with E-state index in [1.54, 1.807) is 7.11 Å². The van der Waals surface area contributed by atoms with Gasteiger partial charge in [0.15, 0.2) is 0 Å². The average Bonchev–Trinajstić information content (AvgIpc) is 2.14. The summed E-state index contributed by atoms with van der Waals surface area (Å²) in [6.07, 6.45) is 0.500. The topological polar surface area (TPSA) is 55.4 Å². The SMILES string of the molecule is COCCCS(=O)(=O)NCC(Cl)C(C)C. The molecule has 0 fully saturated rings. The van der Waals surface area contributed by atoms with Crippen LogP contribution in [0.5, 0.6) is 0 Å². The fraction of sp³-hybridized carbons (Fsp3) is 1.00. The third kappa shape index (κ3) is 8.02. The van der Waals surface area contributed by atoms with Gasteiger partial charge in [0.25, 0.3) is 0 Å². The normalized spacial score (nSPS) is 14.5. The monoisotopic (exact) mass is 257 g/mol. The zero-order chi connectivity index (χ0) is 11.9. The van der Waals surface area contributed by atoms with Crippen molar-refractivity contribution in [1.82, 2.24) is 4.72 Å². The van der Waals surface area contributed by atoms with Crippen LogP contribution in [0.3, 0.4) is 0 Å². The van der Waals surface area contributed by atoms with Gasteiger partial charge in [-0.15, -0.1) is 11.6 Å². The third-order valence-electron chi connectivity index (χ3n) is 1.98. The van der Waals surface area contributed by atoms with Gasteiger partial charge in [0.05, 0.1) is 5.75 Å². The highest BCUT2D eigenvalue weighted by molar-refractivity contribution is 7.89. The molecule has 1 atom stereocenters. The number of methoxy groups -OCH3 is 1. The Balaban J connectivity index is 3.84. The highest BCUT2D eigenvalue weighted by Gasteiger charge is 2.14. The van der Waals surface area contributed by atoms with Crippen molar-refractivity contribution in [2.75, 3.05) is 26.0 Å². The van der Waals surface area contributed by atoms with Crippen LogP contribution in [0, 0.1) is 5.92 Å². The second-order valence-electron chi connectivity index (χ2n) is 3.77. The summed E-state index contributed by atoms with van der Waals surface area (Å²) in [7, 11) is -1.65. The number of nitrogens with one attached hydrogen (secondary N) is 1. The van der Waals surface area contributed by atoms with Crippen molar-refractivity contribution in [3.05, 3.63) is 0 Å². The molecule has 0 aliphatic carbocycles. The lowest BCUT2D eigenvalue weighted by atomic mass is 10.1. The highest BCUT2D eigenvalue weighted by Crippen LogP contribution is 2.08. The zero-order valence-electron chi connectivity index (χ0n) is 9.49. The first kappa shape index (κ1) is 15.2. The molecule has 4 nitrogen and oxygen atoms in total. The molecule has 1 unspecified atom stereocenters. The molecule has 0 saturated carbocycles. The number of hydrogen-bond acceptors (Lipinski definition) is 3. The van der Waals surface area contributed by atoms with E-state index in [2.05, 4.69) is 4.72 Å². The molecule has 0 aromatic carbocycles. The predicted octanol–water partition coefficient (Wildman–Crippen LogP) is 1.21. The lowest BCUT2D eigenvalue weighted by Crippen LogP contribution is -2.33. The van der Waals surface area contributed by atoms with Gasteiger partial charge < -0.3 is 4.74 Å². The van der Waals surface area contributed by atoms with Gasteiger partial charge in [-0.05, 0) is 12.3 Å². The van der Waals surface area contributed by atoms with E-state index in [4.69, 9.17) is 16.3 Å². The lowest BCUT2D eigenvalue weighted by Gasteiger charge is -2.14. The fourth-order valence-corrected chi connectivity index (χ4v) is 2.15. The van der Waals surface area contributed by atoms with Crippen LogP contribution in [0.15, 0.2) is 0 Å². The number of hydrogen-bond donors (Lipinski definition) is 1. The Hall–Kier alpha value is 0.160. The Morgan fingerprint density at radius 3 is 2.47 bits per heavy atom. The van der Waals surface area contributed by atoms with Gasteiger partial charge in [0, 0.05) is 25.6 Å². The van der Waals surface area contributed by atoms with Crippen molar-refractivity contribution in [3.63, 3.8) is 0 Å². The molecular weight excluding hydrogens is 238 g/mol. The Kier molecular flexibility index (Phi) is 7.52. The molecule has 0 saturated heterocycles. The van der Waals surface area contributed by atoms with E-state index >= 15 is 0 Å². The van der Waals surface area contributed by atoms with E-state index in [1.807, 2.05) is 13.8 Å². The van der Waals surface area contributed by atoms with Crippen molar-refractivity contribution in [2.24, 2.45) is 5.92 Å². The van der Waals surface area contributed by atoms with Gasteiger partial charge in [0.2, 0.25) is 10.0 Å². The molecule has 0 bridgehead atoms. The van der Waals surface area contributed by atoms with Crippen LogP contribution in [0.4, 0.5) is 0 Å². The molecule has 6 heteroatoms. The van der Waals surface area contributed by atoms with Crippen LogP contribution in [-0.4, -0.2) is 39.8 Å². The Morgan fingerprint density at radius 1 is 1.40 bits per heavy atom. The maximum Gasteiger partial charge on any atom is 0.211 e. The van der Waals surface area contributed by atoms with Gasteiger partial charge in [-0.1, -0.05) is 13.8 Å². The third-order valence-corrected chi connectivity index (χ3v) is 4.07. The van der Waals surface area contributed by atoms with E-state index in [0.717, 1.165) is 0 Å². The largest absolute Gasteiger partial charge is 0.385 e. The van der Waals surface area contributed by atoms with Crippen LogP contribution in [0.1, 0.15) is 20.3 Å². The molecule has 0 spiro atoms. The second kappa shape index (κ2) is 7.44. The number of alkyl halides is 1. The second-order valence-corrected chi connectivity index (χ2v) is 6.26. The fourth-order valence-electron chi connectivity index (χ4n) is 0.908. The molecule has 1 N–H and O–H groups in total. The highest BCUT2D eigenvalue weighted by atomic mass is 35.5. The van der Waals surface area contributed by atoms with Gasteiger partial charge in [0.1, 0.15) is 0 Å². The molecule has 0 aromatic heterocycles. The molecule has 0 rings (SSSR count). The minimum absolute atomic E-state index is 0.0859. The van der Waals surface area contributed by atoms with Crippen LogP contribution < -0.4 is 4.72 Å². The van der Waals surface area contributed by atoms with E-state index in [0.29, 0.717) is 13.0 Å². The summed E-state index contributed by atoms with van der Waals surface area (Å²) in [4.78, 5) is 0. The molecule has 0 radical (unpaired) electrons. The summed E-state index contributed by atoms with van der Waals surface area (Å²) in [6, 6.07) is 0. The smallest absolute Gasteiger partial charge is 0.211 e. The molecule has 0 amide bonds. The van der Waals surface area contributed by atoms with Crippen molar-refractivity contribution >= 4 is 21.6 Å². The van der Waals surface area contributed by atoms with Crippen molar-refractivity contribution in [1.29, 1.82) is 0 Å². The van der Waals surface area contributed by atoms with E-state index in [9.17, 15) is 8.42 Å². The van der Waals surface area contributed by atoms with Crippen LogP contribution in [0.25, 0.3) is 0 Å². The van der Waals surface area contributed by atoms with Crippen molar-refractivity contribution < 1.29 is 13.2 Å². The Morgan fingerprint density at radius 2 is 2.00 bits per heavy atom. The Bertz CT molecular complexity index is 254. The first-order valence-electron chi connectivity index (χ1n) is 4.99. The lowest BCUT2D eigenvalue weighted by molar-refractivity contribution is 0.199. The number of sulfonamides is 1. The summed E-state index contributed by atoms with van der Waals surface area (Å²) in [5.74, 6) is 0.344. The maximum atomic E-state index is 11.4. The molecule has 0 aliphatic heterocycles. The number of rotatable bonds is 8. The van der Waals surface area contributed by atoms with Crippen LogP contribution >= 0.6 is 11.6 Å². The molecule has 0 aliphatic rings. The van der Waals surface area contributed by atoms with E-state index in [1.165, 1.54) is 0 Å². The summed E-state index contributed by atoms with van der Waals surface area (Å²) >= 11 is 5.93. The first-order chi connectivity index (χ1) is 6.89. The standard InChI is InChI=1S/C9H20ClNO3S/c1-8(2)9(10)7-11-15(12,13)6-4-5-14-3/h8-9,11H,4-7H2,1-3H3. The van der Waals surface area contributed by atoms with Crippen molar-refractivity contribution in [3.8, 4) is 0 Å². The molecule has 0 heterocycles. The maximum absolute atomic E-state index is 11.4. The molecule has 0 aromatic rings. The summed E-state index contributed by atoms with van der Waals surface area (Å²) in [5, 5.41) is -0.165. The minimum Gasteiger partial charge on any atom is -0.385 e. The van der Waals surface area contributed by atoms with Gasteiger partial charge in [-0.3, -0.25) is 0 Å². The molecule has 92 valence electrons. The van der Waals surface area contributed by atoms with Crippen LogP contribution in [-0.2, 0) is 14.8 Å². The molecule has 15 heavy (non-hydrogen) atoms. The Labute approximate surface area is 97.4 Å².